The average molecular weight is 110 g/mol. The molecule has 5 heavy (non-hydrogen) atoms. The molecule has 0 saturated carbocycles. The first-order valence-electron chi connectivity index (χ1n) is 1.22. The maximum absolute atomic E-state index is 3.48. The summed E-state index contributed by atoms with van der Waals surface area (Å²) < 4.78 is 0. The van der Waals surface area contributed by atoms with Crippen LogP contribution in [0.1, 0.15) is 0 Å². The molecule has 0 fully saturated rings. The summed E-state index contributed by atoms with van der Waals surface area (Å²) in [5, 5.41) is 0. The molecule has 0 aliphatic carbocycles. The Kier molecular flexibility index (Phi) is 4.00. The van der Waals surface area contributed by atoms with Crippen LogP contribution < -0.4 is 0 Å². The zero-order valence-electron chi connectivity index (χ0n) is 2.92. The van der Waals surface area contributed by atoms with Crippen molar-refractivity contribution < 1.29 is 15.0 Å². The summed E-state index contributed by atoms with van der Waals surface area (Å²) in [4.78, 5) is 3.62. The number of hydrogen-bond acceptors (Lipinski definition) is 0. The van der Waals surface area contributed by atoms with Crippen molar-refractivity contribution in [2.24, 2.45) is 0 Å². The molecule has 0 rings (SSSR count). The van der Waals surface area contributed by atoms with E-state index in [1.807, 2.05) is 9.95 Å². The van der Waals surface area contributed by atoms with Crippen molar-refractivity contribution in [1.29, 1.82) is 0 Å². The Balaban J connectivity index is 2.65. The van der Waals surface area contributed by atoms with Crippen molar-refractivity contribution >= 4 is 0 Å². The summed E-state index contributed by atoms with van der Waals surface area (Å²) >= 11 is 0.917. The van der Waals surface area contributed by atoms with Crippen LogP contribution in [0.15, 0.2) is 23.1 Å². The molecule has 0 bridgehead atoms. The molecule has 30 valence electrons. The molecule has 0 N–H and O–H groups in total. The molecule has 0 heterocycles. The van der Waals surface area contributed by atoms with E-state index in [-0.39, 0.29) is 0 Å². The van der Waals surface area contributed by atoms with Crippen LogP contribution >= 0.6 is 0 Å². The molecule has 0 aromatic heterocycles. The van der Waals surface area contributed by atoms with E-state index in [0.717, 1.165) is 15.0 Å². The van der Waals surface area contributed by atoms with Crippen molar-refractivity contribution in [3.63, 3.8) is 0 Å². The van der Waals surface area contributed by atoms with Gasteiger partial charge in [-0.15, -0.1) is 0 Å². The van der Waals surface area contributed by atoms with Gasteiger partial charge in [-0.2, -0.15) is 0 Å². The van der Waals surface area contributed by atoms with E-state index in [1.54, 1.807) is 0 Å². The van der Waals surface area contributed by atoms with E-state index < -0.39 is 0 Å². The summed E-state index contributed by atoms with van der Waals surface area (Å²) in [7, 11) is 0. The summed E-state index contributed by atoms with van der Waals surface area (Å²) in [6.07, 6.45) is 0. The van der Waals surface area contributed by atoms with Crippen molar-refractivity contribution in [3.8, 4) is 0 Å². The normalized spacial score (nSPS) is 7.20. The second kappa shape index (κ2) is 4.00. The van der Waals surface area contributed by atoms with Gasteiger partial charge in [-0.1, -0.05) is 0 Å². The minimum atomic E-state index is 0.917. The first-order chi connectivity index (χ1) is 2.41. The Morgan fingerprint density at radius 2 is 1.60 bits per heavy atom. The van der Waals surface area contributed by atoms with Gasteiger partial charge < -0.3 is 0 Å². The van der Waals surface area contributed by atoms with E-state index in [2.05, 4.69) is 13.2 Å². The van der Waals surface area contributed by atoms with E-state index in [1.165, 1.54) is 0 Å². The van der Waals surface area contributed by atoms with Crippen LogP contribution in [0.25, 0.3) is 0 Å². The van der Waals surface area contributed by atoms with E-state index in [0.29, 0.717) is 0 Å². The van der Waals surface area contributed by atoms with Crippen molar-refractivity contribution in [2.45, 2.75) is 0 Å². The molecule has 0 nitrogen and oxygen atoms in total. The zero-order valence-corrected chi connectivity index (χ0v) is 4.03. The van der Waals surface area contributed by atoms with Gasteiger partial charge in [0, 0.05) is 0 Å². The fraction of sp³-hybridized carbons (Fsp3) is 0. The van der Waals surface area contributed by atoms with Gasteiger partial charge in [-0.3, -0.25) is 0 Å². The Hall–Kier alpha value is -0.000519. The van der Waals surface area contributed by atoms with Crippen LogP contribution in [-0.2, 0) is 15.0 Å². The molecular formula is C4H6Fe. The van der Waals surface area contributed by atoms with Gasteiger partial charge >= 0.3 is 38.1 Å². The molecule has 0 amide bonds. The van der Waals surface area contributed by atoms with Gasteiger partial charge in [-0.05, 0) is 0 Å². The Morgan fingerprint density at radius 1 is 1.20 bits per heavy atom. The second-order valence-electron chi connectivity index (χ2n) is 0.407. The first-order valence-corrected chi connectivity index (χ1v) is 2.50. The molecule has 0 aliphatic heterocycles. The zero-order chi connectivity index (χ0) is 4.12. The average Bonchev–Trinajstić information content (AvgIpc) is 1.41. The van der Waals surface area contributed by atoms with Gasteiger partial charge in [0.05, 0.1) is 0 Å². The molecular weight excluding hydrogens is 104 g/mol. The van der Waals surface area contributed by atoms with Crippen LogP contribution in [0.2, 0.25) is 0 Å². The van der Waals surface area contributed by atoms with Gasteiger partial charge in [0.15, 0.2) is 0 Å². The predicted molar refractivity (Wildman–Crippen MR) is 20.4 cm³/mol. The van der Waals surface area contributed by atoms with Gasteiger partial charge in [0.25, 0.3) is 0 Å². The Morgan fingerprint density at radius 3 is 1.60 bits per heavy atom. The molecule has 1 heteroatoms. The molecule has 0 radical (unpaired) electrons. The number of rotatable bonds is 2. The summed E-state index contributed by atoms with van der Waals surface area (Å²) in [6, 6.07) is 0. The molecule has 0 saturated heterocycles. The van der Waals surface area contributed by atoms with E-state index >= 15 is 0 Å². The summed E-state index contributed by atoms with van der Waals surface area (Å²) in [5.74, 6) is 0. The Labute approximate surface area is 38.7 Å². The second-order valence-corrected chi connectivity index (χ2v) is 1.68. The van der Waals surface area contributed by atoms with E-state index in [9.17, 15) is 0 Å². The Bertz CT molecular complexity index is 32.9. The minimum absolute atomic E-state index is 0.917. The van der Waals surface area contributed by atoms with Crippen LogP contribution in [0.4, 0.5) is 0 Å². The molecule has 0 atom stereocenters. The third-order valence-electron chi connectivity index (χ3n) is 0.167. The quantitative estimate of drug-likeness (QED) is 0.470. The monoisotopic (exact) mass is 110 g/mol. The van der Waals surface area contributed by atoms with Crippen molar-refractivity contribution in [3.05, 3.63) is 23.1 Å². The molecule has 0 aromatic carbocycles. The molecule has 0 aromatic rings. The number of hydrogen-bond donors (Lipinski definition) is 0. The SMILES string of the molecule is C=[CH][Fe][CH]=C. The van der Waals surface area contributed by atoms with Crippen LogP contribution in [0, 0.1) is 0 Å². The summed E-state index contributed by atoms with van der Waals surface area (Å²) in [5.41, 5.74) is 0. The van der Waals surface area contributed by atoms with Crippen LogP contribution in [0.3, 0.4) is 0 Å². The van der Waals surface area contributed by atoms with E-state index in [4.69, 9.17) is 0 Å². The topological polar surface area (TPSA) is 0 Å². The van der Waals surface area contributed by atoms with Crippen LogP contribution in [-0.4, -0.2) is 0 Å². The van der Waals surface area contributed by atoms with Crippen molar-refractivity contribution in [2.75, 3.05) is 0 Å². The predicted octanol–water partition coefficient (Wildman–Crippen LogP) is 1.36. The molecule has 0 unspecified atom stereocenters. The fourth-order valence-electron chi connectivity index (χ4n) is 0.0589. The standard InChI is InChI=1S/2C2H3.Fe/c2*1-2;/h2*1H,2H2;. The van der Waals surface area contributed by atoms with Gasteiger partial charge in [0.2, 0.25) is 0 Å². The molecule has 0 aliphatic rings. The van der Waals surface area contributed by atoms with Gasteiger partial charge in [0.1, 0.15) is 0 Å². The fourth-order valence-corrected chi connectivity index (χ4v) is 0.243. The first kappa shape index (κ1) is 5.00. The summed E-state index contributed by atoms with van der Waals surface area (Å²) in [6.45, 7) is 6.96. The van der Waals surface area contributed by atoms with Crippen LogP contribution in [0.5, 0.6) is 0 Å². The maximum atomic E-state index is 3.48. The third kappa shape index (κ3) is 4.00. The van der Waals surface area contributed by atoms with Gasteiger partial charge in [-0.25, -0.2) is 0 Å². The third-order valence-corrected chi connectivity index (χ3v) is 0.687. The van der Waals surface area contributed by atoms with Crippen molar-refractivity contribution in [1.82, 2.24) is 0 Å². The molecule has 0 spiro atoms.